The van der Waals surface area contributed by atoms with Crippen molar-refractivity contribution in [2.45, 2.75) is 51.0 Å². The van der Waals surface area contributed by atoms with Crippen LogP contribution in [0.5, 0.6) is 0 Å². The van der Waals surface area contributed by atoms with Gasteiger partial charge in [0, 0.05) is 18.8 Å². The highest BCUT2D eigenvalue weighted by Crippen LogP contribution is 2.53. The Hall–Kier alpha value is -1.02. The van der Waals surface area contributed by atoms with Crippen molar-refractivity contribution in [3.63, 3.8) is 0 Å². The summed E-state index contributed by atoms with van der Waals surface area (Å²) in [5.74, 6) is 1.74. The molecular formula is C18H28N2. The number of nitrogens with zero attached hydrogens (tertiary/aromatic N) is 1. The maximum Gasteiger partial charge on any atom is 0.0554 e. The number of anilines is 1. The number of benzene rings is 1. The third-order valence-electron chi connectivity index (χ3n) is 5.64. The van der Waals surface area contributed by atoms with Crippen LogP contribution in [0.15, 0.2) is 30.3 Å². The van der Waals surface area contributed by atoms with Gasteiger partial charge in [0.1, 0.15) is 0 Å². The number of unbranched alkanes of at least 4 members (excludes halogenated alkanes) is 1. The molecule has 0 aromatic heterocycles. The van der Waals surface area contributed by atoms with Crippen molar-refractivity contribution < 1.29 is 0 Å². The molecule has 2 aliphatic carbocycles. The van der Waals surface area contributed by atoms with Gasteiger partial charge in [-0.1, -0.05) is 31.5 Å². The summed E-state index contributed by atoms with van der Waals surface area (Å²) in [6, 6.07) is 11.0. The molecule has 1 aromatic rings. The molecule has 0 spiro atoms. The monoisotopic (exact) mass is 272 g/mol. The standard InChI is InChI=1S/C18H28N2/c1-2-3-11-20(17-7-5-4-6-8-17)18(14-19)13-15-9-10-16(18)12-15/h4-8,15-16H,2-3,9-14,19H2,1H3. The van der Waals surface area contributed by atoms with Gasteiger partial charge in [0.05, 0.1) is 5.54 Å². The molecule has 2 N–H and O–H groups in total. The minimum atomic E-state index is 0.236. The second-order valence-electron chi connectivity index (χ2n) is 6.73. The van der Waals surface area contributed by atoms with Crippen molar-refractivity contribution in [3.8, 4) is 0 Å². The molecule has 0 saturated heterocycles. The largest absolute Gasteiger partial charge is 0.364 e. The Bertz CT molecular complexity index is 430. The molecule has 3 rings (SSSR count). The summed E-state index contributed by atoms with van der Waals surface area (Å²) in [7, 11) is 0. The topological polar surface area (TPSA) is 29.3 Å². The molecule has 2 saturated carbocycles. The maximum atomic E-state index is 6.32. The second-order valence-corrected chi connectivity index (χ2v) is 6.73. The quantitative estimate of drug-likeness (QED) is 0.853. The summed E-state index contributed by atoms with van der Waals surface area (Å²) in [6.45, 7) is 4.24. The average molecular weight is 272 g/mol. The number of fused-ring (bicyclic) bond motifs is 2. The van der Waals surface area contributed by atoms with Crippen LogP contribution in [0, 0.1) is 11.8 Å². The molecule has 0 radical (unpaired) electrons. The van der Waals surface area contributed by atoms with Crippen molar-refractivity contribution in [2.24, 2.45) is 17.6 Å². The van der Waals surface area contributed by atoms with E-state index in [4.69, 9.17) is 5.73 Å². The smallest absolute Gasteiger partial charge is 0.0554 e. The highest BCUT2D eigenvalue weighted by atomic mass is 15.2. The van der Waals surface area contributed by atoms with Gasteiger partial charge in [-0.15, -0.1) is 0 Å². The Labute approximate surface area is 123 Å². The third-order valence-corrected chi connectivity index (χ3v) is 5.64. The molecule has 20 heavy (non-hydrogen) atoms. The number of para-hydroxylation sites is 1. The Balaban J connectivity index is 1.91. The minimum Gasteiger partial charge on any atom is -0.364 e. The van der Waals surface area contributed by atoms with Crippen molar-refractivity contribution in [1.29, 1.82) is 0 Å². The lowest BCUT2D eigenvalue weighted by molar-refractivity contribution is 0.256. The Morgan fingerprint density at radius 1 is 1.25 bits per heavy atom. The van der Waals surface area contributed by atoms with Gasteiger partial charge in [-0.05, 0) is 56.1 Å². The van der Waals surface area contributed by atoms with E-state index in [1.54, 1.807) is 0 Å². The fourth-order valence-corrected chi connectivity index (χ4v) is 4.64. The van der Waals surface area contributed by atoms with Crippen LogP contribution in [0.3, 0.4) is 0 Å². The Morgan fingerprint density at radius 3 is 2.60 bits per heavy atom. The predicted octanol–water partition coefficient (Wildman–Crippen LogP) is 3.81. The zero-order valence-corrected chi connectivity index (χ0v) is 12.7. The van der Waals surface area contributed by atoms with Crippen LogP contribution in [0.25, 0.3) is 0 Å². The van der Waals surface area contributed by atoms with Gasteiger partial charge in [-0.3, -0.25) is 0 Å². The molecular weight excluding hydrogens is 244 g/mol. The first-order valence-electron chi connectivity index (χ1n) is 8.33. The van der Waals surface area contributed by atoms with E-state index in [-0.39, 0.29) is 5.54 Å². The Kier molecular flexibility index (Phi) is 4.02. The second kappa shape index (κ2) is 5.77. The van der Waals surface area contributed by atoms with Crippen molar-refractivity contribution in [1.82, 2.24) is 0 Å². The molecule has 110 valence electrons. The van der Waals surface area contributed by atoms with E-state index in [9.17, 15) is 0 Å². The van der Waals surface area contributed by atoms with Crippen LogP contribution in [-0.2, 0) is 0 Å². The van der Waals surface area contributed by atoms with Crippen LogP contribution in [0.2, 0.25) is 0 Å². The normalized spacial score (nSPS) is 31.7. The van der Waals surface area contributed by atoms with Crippen LogP contribution < -0.4 is 10.6 Å². The summed E-state index contributed by atoms with van der Waals surface area (Å²) in [5, 5.41) is 0. The van der Waals surface area contributed by atoms with Crippen LogP contribution in [0.1, 0.15) is 45.4 Å². The van der Waals surface area contributed by atoms with Gasteiger partial charge in [0.15, 0.2) is 0 Å². The minimum absolute atomic E-state index is 0.236. The summed E-state index contributed by atoms with van der Waals surface area (Å²) < 4.78 is 0. The lowest BCUT2D eigenvalue weighted by atomic mass is 9.79. The number of hydrogen-bond acceptors (Lipinski definition) is 2. The molecule has 3 atom stereocenters. The van der Waals surface area contributed by atoms with Gasteiger partial charge < -0.3 is 10.6 Å². The zero-order valence-electron chi connectivity index (χ0n) is 12.7. The SMILES string of the molecule is CCCCN(c1ccccc1)C1(CN)CC2CCC1C2. The zero-order chi connectivity index (χ0) is 14.0. The molecule has 2 bridgehead atoms. The van der Waals surface area contributed by atoms with Gasteiger partial charge in [-0.25, -0.2) is 0 Å². The number of nitrogens with two attached hydrogens (primary N) is 1. The molecule has 1 aromatic carbocycles. The lowest BCUT2D eigenvalue weighted by Gasteiger charge is -2.48. The maximum absolute atomic E-state index is 6.32. The lowest BCUT2D eigenvalue weighted by Crippen LogP contribution is -2.58. The molecule has 3 unspecified atom stereocenters. The first-order valence-corrected chi connectivity index (χ1v) is 8.33. The molecule has 2 aliphatic rings. The number of hydrogen-bond donors (Lipinski definition) is 1. The van der Waals surface area contributed by atoms with E-state index in [1.807, 2.05) is 0 Å². The van der Waals surface area contributed by atoms with Gasteiger partial charge in [-0.2, -0.15) is 0 Å². The Morgan fingerprint density at radius 2 is 2.05 bits per heavy atom. The summed E-state index contributed by atoms with van der Waals surface area (Å²) in [5.41, 5.74) is 7.93. The third kappa shape index (κ3) is 2.24. The molecule has 0 heterocycles. The molecule has 0 amide bonds. The molecule has 0 aliphatic heterocycles. The van der Waals surface area contributed by atoms with E-state index in [1.165, 1.54) is 44.2 Å². The first kappa shape index (κ1) is 13.9. The van der Waals surface area contributed by atoms with E-state index >= 15 is 0 Å². The van der Waals surface area contributed by atoms with Crippen LogP contribution >= 0.6 is 0 Å². The van der Waals surface area contributed by atoms with Crippen molar-refractivity contribution >= 4 is 5.69 Å². The highest BCUT2D eigenvalue weighted by molar-refractivity contribution is 5.50. The average Bonchev–Trinajstić information content (AvgIpc) is 3.10. The highest BCUT2D eigenvalue weighted by Gasteiger charge is 2.53. The summed E-state index contributed by atoms with van der Waals surface area (Å²) in [4.78, 5) is 2.67. The summed E-state index contributed by atoms with van der Waals surface area (Å²) >= 11 is 0. The van der Waals surface area contributed by atoms with Gasteiger partial charge >= 0.3 is 0 Å². The molecule has 2 fully saturated rings. The van der Waals surface area contributed by atoms with E-state index < -0.39 is 0 Å². The first-order chi connectivity index (χ1) is 9.80. The van der Waals surface area contributed by atoms with Gasteiger partial charge in [0.25, 0.3) is 0 Å². The van der Waals surface area contributed by atoms with Gasteiger partial charge in [0.2, 0.25) is 0 Å². The fraction of sp³-hybridized carbons (Fsp3) is 0.667. The predicted molar refractivity (Wildman–Crippen MR) is 85.9 cm³/mol. The molecule has 2 heteroatoms. The van der Waals surface area contributed by atoms with E-state index in [2.05, 4.69) is 42.2 Å². The fourth-order valence-electron chi connectivity index (χ4n) is 4.64. The van der Waals surface area contributed by atoms with Crippen LogP contribution in [-0.4, -0.2) is 18.6 Å². The van der Waals surface area contributed by atoms with Crippen molar-refractivity contribution in [2.75, 3.05) is 18.0 Å². The van der Waals surface area contributed by atoms with Crippen LogP contribution in [0.4, 0.5) is 5.69 Å². The van der Waals surface area contributed by atoms with E-state index in [0.29, 0.717) is 0 Å². The van der Waals surface area contributed by atoms with E-state index in [0.717, 1.165) is 24.9 Å². The van der Waals surface area contributed by atoms with Crippen molar-refractivity contribution in [3.05, 3.63) is 30.3 Å². The molecule has 2 nitrogen and oxygen atoms in total. The summed E-state index contributed by atoms with van der Waals surface area (Å²) in [6.07, 6.45) is 8.05. The number of rotatable bonds is 6.